The van der Waals surface area contributed by atoms with E-state index in [2.05, 4.69) is 5.32 Å². The summed E-state index contributed by atoms with van der Waals surface area (Å²) in [5.74, 6) is -6.82. The van der Waals surface area contributed by atoms with Gasteiger partial charge in [0.2, 0.25) is 5.91 Å². The second-order valence-corrected chi connectivity index (χ2v) is 5.11. The van der Waals surface area contributed by atoms with E-state index in [-0.39, 0.29) is 11.5 Å². The summed E-state index contributed by atoms with van der Waals surface area (Å²) in [5, 5.41) is 4.45. The predicted octanol–water partition coefficient (Wildman–Crippen LogP) is 2.86. The molecule has 0 unspecified atom stereocenters. The van der Waals surface area contributed by atoms with Gasteiger partial charge in [-0.3, -0.25) is 9.59 Å². The normalized spacial score (nSPS) is 10.2. The maximum atomic E-state index is 13.5. The fourth-order valence-corrected chi connectivity index (χ4v) is 1.95. The van der Waals surface area contributed by atoms with Crippen LogP contribution in [0.25, 0.3) is 0 Å². The zero-order valence-corrected chi connectivity index (χ0v) is 13.4. The Labute approximate surface area is 146 Å². The lowest BCUT2D eigenvalue weighted by molar-refractivity contribution is -0.119. The van der Waals surface area contributed by atoms with Gasteiger partial charge >= 0.3 is 5.97 Å². The van der Waals surface area contributed by atoms with Gasteiger partial charge in [-0.1, -0.05) is 6.07 Å². The highest BCUT2D eigenvalue weighted by atomic mass is 19.2. The van der Waals surface area contributed by atoms with E-state index in [1.165, 1.54) is 25.1 Å². The molecule has 2 aromatic rings. The summed E-state index contributed by atoms with van der Waals surface area (Å²) < 4.78 is 44.1. The van der Waals surface area contributed by atoms with Crippen molar-refractivity contribution in [3.63, 3.8) is 0 Å². The minimum atomic E-state index is -1.73. The molecule has 0 aliphatic heterocycles. The van der Waals surface area contributed by atoms with Crippen LogP contribution in [0.4, 0.5) is 24.5 Å². The van der Waals surface area contributed by atoms with Crippen molar-refractivity contribution < 1.29 is 32.3 Å². The third kappa shape index (κ3) is 4.82. The molecule has 0 heterocycles. The molecule has 0 spiro atoms. The number of carbonyl (C=O) groups is 3. The Morgan fingerprint density at radius 2 is 1.73 bits per heavy atom. The second-order valence-electron chi connectivity index (χ2n) is 5.11. The van der Waals surface area contributed by atoms with Crippen LogP contribution in [-0.4, -0.2) is 24.4 Å². The lowest BCUT2D eigenvalue weighted by Crippen LogP contribution is -2.22. The average molecular weight is 366 g/mol. The second kappa shape index (κ2) is 8.15. The SMILES string of the molecule is CC(=O)Nc1cccc(C(=O)OCC(=O)Nc2ccc(F)c(F)c2F)c1. The minimum Gasteiger partial charge on any atom is -0.452 e. The molecule has 0 saturated carbocycles. The summed E-state index contributed by atoms with van der Waals surface area (Å²) in [7, 11) is 0. The molecule has 2 aromatic carbocycles. The van der Waals surface area contributed by atoms with Crippen LogP contribution in [0.1, 0.15) is 17.3 Å². The molecule has 6 nitrogen and oxygen atoms in total. The van der Waals surface area contributed by atoms with Gasteiger partial charge in [-0.25, -0.2) is 18.0 Å². The van der Waals surface area contributed by atoms with Gasteiger partial charge in [0.25, 0.3) is 5.91 Å². The Balaban J connectivity index is 1.96. The van der Waals surface area contributed by atoms with Crippen LogP contribution in [-0.2, 0) is 14.3 Å². The van der Waals surface area contributed by atoms with Crippen LogP contribution in [0.3, 0.4) is 0 Å². The standard InChI is InChI=1S/C17H13F3N2O4/c1-9(23)21-11-4-2-3-10(7-11)17(25)26-8-14(24)22-13-6-5-12(18)15(19)16(13)20/h2-7H,8H2,1H3,(H,21,23)(H,22,24). The van der Waals surface area contributed by atoms with Gasteiger partial charge in [0.05, 0.1) is 11.3 Å². The monoisotopic (exact) mass is 366 g/mol. The lowest BCUT2D eigenvalue weighted by Gasteiger charge is -2.09. The van der Waals surface area contributed by atoms with Crippen molar-refractivity contribution in [3.8, 4) is 0 Å². The number of hydrogen-bond donors (Lipinski definition) is 2. The maximum Gasteiger partial charge on any atom is 0.338 e. The van der Waals surface area contributed by atoms with Gasteiger partial charge < -0.3 is 15.4 Å². The van der Waals surface area contributed by atoms with E-state index in [9.17, 15) is 27.6 Å². The molecule has 0 bridgehead atoms. The molecule has 2 amide bonds. The lowest BCUT2D eigenvalue weighted by atomic mass is 10.2. The average Bonchev–Trinajstić information content (AvgIpc) is 2.60. The van der Waals surface area contributed by atoms with Crippen molar-refractivity contribution in [1.82, 2.24) is 0 Å². The number of amides is 2. The van der Waals surface area contributed by atoms with Crippen molar-refractivity contribution in [2.45, 2.75) is 6.92 Å². The number of carbonyl (C=O) groups excluding carboxylic acids is 3. The molecule has 2 rings (SSSR count). The van der Waals surface area contributed by atoms with Gasteiger partial charge in [0, 0.05) is 12.6 Å². The Morgan fingerprint density at radius 1 is 1.00 bits per heavy atom. The van der Waals surface area contributed by atoms with Crippen LogP contribution >= 0.6 is 0 Å². The Bertz CT molecular complexity index is 871. The summed E-state index contributed by atoms with van der Waals surface area (Å²) in [4.78, 5) is 34.6. The van der Waals surface area contributed by atoms with E-state index in [1.807, 2.05) is 5.32 Å². The first-order valence-corrected chi connectivity index (χ1v) is 7.26. The molecule has 0 aliphatic rings. The van der Waals surface area contributed by atoms with Crippen molar-refractivity contribution in [2.24, 2.45) is 0 Å². The first kappa shape index (κ1) is 19.0. The molecule has 0 radical (unpaired) electrons. The van der Waals surface area contributed by atoms with Crippen molar-refractivity contribution >= 4 is 29.2 Å². The van der Waals surface area contributed by atoms with Crippen molar-refractivity contribution in [1.29, 1.82) is 0 Å². The molecule has 0 aliphatic carbocycles. The molecule has 0 fully saturated rings. The maximum absolute atomic E-state index is 13.5. The molecule has 136 valence electrons. The van der Waals surface area contributed by atoms with E-state index >= 15 is 0 Å². The highest BCUT2D eigenvalue weighted by Gasteiger charge is 2.16. The number of halogens is 3. The number of nitrogens with one attached hydrogen (secondary N) is 2. The van der Waals surface area contributed by atoms with Gasteiger partial charge in [0.1, 0.15) is 0 Å². The van der Waals surface area contributed by atoms with Gasteiger partial charge in [-0.05, 0) is 30.3 Å². The third-order valence-corrected chi connectivity index (χ3v) is 3.06. The van der Waals surface area contributed by atoms with Gasteiger partial charge in [-0.2, -0.15) is 0 Å². The molecule has 26 heavy (non-hydrogen) atoms. The van der Waals surface area contributed by atoms with E-state index < -0.39 is 41.6 Å². The molecule has 2 N–H and O–H groups in total. The van der Waals surface area contributed by atoms with Gasteiger partial charge in [-0.15, -0.1) is 0 Å². The van der Waals surface area contributed by atoms with Crippen molar-refractivity contribution in [3.05, 3.63) is 59.4 Å². The number of esters is 1. The van der Waals surface area contributed by atoms with Crippen LogP contribution in [0.5, 0.6) is 0 Å². The van der Waals surface area contributed by atoms with E-state index in [0.29, 0.717) is 11.8 Å². The molecule has 9 heteroatoms. The number of anilines is 2. The van der Waals surface area contributed by atoms with Crippen LogP contribution in [0.15, 0.2) is 36.4 Å². The largest absolute Gasteiger partial charge is 0.452 e. The molecular formula is C17H13F3N2O4. The number of ether oxygens (including phenoxy) is 1. The first-order chi connectivity index (χ1) is 12.3. The van der Waals surface area contributed by atoms with E-state index in [0.717, 1.165) is 6.07 Å². The van der Waals surface area contributed by atoms with Crippen molar-refractivity contribution in [2.75, 3.05) is 17.2 Å². The Hall–Kier alpha value is -3.36. The number of hydrogen-bond acceptors (Lipinski definition) is 4. The Morgan fingerprint density at radius 3 is 2.42 bits per heavy atom. The summed E-state index contributed by atoms with van der Waals surface area (Å²) in [6.45, 7) is 0.522. The van der Waals surface area contributed by atoms with E-state index in [4.69, 9.17) is 4.74 Å². The predicted molar refractivity (Wildman–Crippen MR) is 86.0 cm³/mol. The van der Waals surface area contributed by atoms with Gasteiger partial charge in [0.15, 0.2) is 24.1 Å². The fourth-order valence-electron chi connectivity index (χ4n) is 1.95. The third-order valence-electron chi connectivity index (χ3n) is 3.06. The summed E-state index contributed by atoms with van der Waals surface area (Å²) >= 11 is 0. The summed E-state index contributed by atoms with van der Waals surface area (Å²) in [6.07, 6.45) is 0. The van der Waals surface area contributed by atoms with Crippen LogP contribution in [0.2, 0.25) is 0 Å². The molecule has 0 saturated heterocycles. The molecule has 0 atom stereocenters. The highest BCUT2D eigenvalue weighted by molar-refractivity contribution is 5.96. The quantitative estimate of drug-likeness (QED) is 0.630. The minimum absolute atomic E-state index is 0.0723. The highest BCUT2D eigenvalue weighted by Crippen LogP contribution is 2.19. The molecule has 0 aromatic heterocycles. The first-order valence-electron chi connectivity index (χ1n) is 7.26. The number of benzene rings is 2. The summed E-state index contributed by atoms with van der Waals surface area (Å²) in [5.41, 5.74) is -0.152. The smallest absolute Gasteiger partial charge is 0.338 e. The zero-order chi connectivity index (χ0) is 19.3. The Kier molecular flexibility index (Phi) is 5.94. The summed E-state index contributed by atoms with van der Waals surface area (Å²) in [6, 6.07) is 7.28. The number of rotatable bonds is 5. The molecular weight excluding hydrogens is 353 g/mol. The topological polar surface area (TPSA) is 84.5 Å². The van der Waals surface area contributed by atoms with Crippen LogP contribution < -0.4 is 10.6 Å². The van der Waals surface area contributed by atoms with E-state index in [1.54, 1.807) is 6.07 Å². The van der Waals surface area contributed by atoms with Crippen LogP contribution in [0, 0.1) is 17.5 Å². The zero-order valence-electron chi connectivity index (χ0n) is 13.4. The fraction of sp³-hybridized carbons (Fsp3) is 0.118.